The number of benzene rings is 2. The molecule has 1 unspecified atom stereocenters. The summed E-state index contributed by atoms with van der Waals surface area (Å²) in [5, 5.41) is 50.1. The van der Waals surface area contributed by atoms with Gasteiger partial charge < -0.3 is 48.6 Å². The van der Waals surface area contributed by atoms with Gasteiger partial charge in [0.2, 0.25) is 17.8 Å². The Bertz CT molecular complexity index is 1500. The molecule has 5 N–H and O–H groups in total. The molecule has 1 fully saturated rings. The van der Waals surface area contributed by atoms with Gasteiger partial charge in [-0.3, -0.25) is 0 Å². The van der Waals surface area contributed by atoms with Crippen molar-refractivity contribution >= 4 is 32.7 Å². The molecular weight excluding hydrogens is 444 g/mol. The molecule has 174 valence electrons. The number of phenolic OH excluding ortho intramolecular Hbond substituents is 2. The Morgan fingerprint density at radius 2 is 1.48 bits per heavy atom. The van der Waals surface area contributed by atoms with Crippen LogP contribution in [-0.4, -0.2) is 63.3 Å². The van der Waals surface area contributed by atoms with E-state index >= 15 is 0 Å². The second-order valence-electron chi connectivity index (χ2n) is 7.73. The number of aliphatic hydroxyl groups is 3. The fourth-order valence-corrected chi connectivity index (χ4v) is 4.08. The standard InChI is InChI=1S/C21H18O12/c1-5-12(23)14(25)15(26)21(30-5)31-9-4-7-11-10-6(19(27)33-18(11)16(9)29-2)3-8(22)13(24)17(10)32-20(7)28/h3-5,12,14-15,21-26H,1-2H3/t5-,12-,14+,15+,21?/m1/s1. The van der Waals surface area contributed by atoms with Crippen molar-refractivity contribution in [1.82, 2.24) is 0 Å². The van der Waals surface area contributed by atoms with Crippen LogP contribution < -0.4 is 20.7 Å². The van der Waals surface area contributed by atoms with E-state index in [2.05, 4.69) is 0 Å². The molecule has 33 heavy (non-hydrogen) atoms. The SMILES string of the molecule is COc1c(OC2O[C@H](C)[C@@H](O)[C@H](O)[C@@H]2O)cc2c(=O)oc3c(O)c(O)cc4c(=O)oc1c2c34. The molecule has 1 aliphatic rings. The summed E-state index contributed by atoms with van der Waals surface area (Å²) in [6.07, 6.45) is -6.96. The Kier molecular flexibility index (Phi) is 4.65. The highest BCUT2D eigenvalue weighted by Gasteiger charge is 2.43. The summed E-state index contributed by atoms with van der Waals surface area (Å²) in [6, 6.07) is 2.19. The first-order chi connectivity index (χ1) is 15.6. The van der Waals surface area contributed by atoms with E-state index in [1.807, 2.05) is 0 Å². The van der Waals surface area contributed by atoms with Gasteiger partial charge in [0.1, 0.15) is 18.3 Å². The summed E-state index contributed by atoms with van der Waals surface area (Å²) >= 11 is 0. The normalized spacial score (nSPS) is 25.8. The fraction of sp³-hybridized carbons (Fsp3) is 0.333. The van der Waals surface area contributed by atoms with Crippen molar-refractivity contribution in [3.8, 4) is 23.0 Å². The maximum absolute atomic E-state index is 12.7. The van der Waals surface area contributed by atoms with Crippen molar-refractivity contribution in [2.24, 2.45) is 0 Å². The van der Waals surface area contributed by atoms with Crippen LogP contribution in [0.4, 0.5) is 0 Å². The summed E-state index contributed by atoms with van der Waals surface area (Å²) in [6.45, 7) is 1.46. The lowest BCUT2D eigenvalue weighted by atomic mass is 10.00. The third-order valence-corrected chi connectivity index (χ3v) is 5.77. The predicted molar refractivity (Wildman–Crippen MR) is 110 cm³/mol. The molecule has 4 aromatic rings. The molecule has 12 heteroatoms. The number of aliphatic hydroxyl groups excluding tert-OH is 3. The van der Waals surface area contributed by atoms with Gasteiger partial charge in [0, 0.05) is 10.8 Å². The molecule has 1 aliphatic heterocycles. The van der Waals surface area contributed by atoms with Gasteiger partial charge in [0.05, 0.1) is 24.0 Å². The van der Waals surface area contributed by atoms with Crippen molar-refractivity contribution in [3.63, 3.8) is 0 Å². The summed E-state index contributed by atoms with van der Waals surface area (Å²) < 4.78 is 27.0. The second kappa shape index (κ2) is 7.22. The number of hydrogen-bond acceptors (Lipinski definition) is 12. The second-order valence-corrected chi connectivity index (χ2v) is 7.73. The topological polar surface area (TPSA) is 189 Å². The van der Waals surface area contributed by atoms with Crippen LogP contribution in [0.5, 0.6) is 23.0 Å². The van der Waals surface area contributed by atoms with E-state index < -0.39 is 59.0 Å². The quantitative estimate of drug-likeness (QED) is 0.157. The highest BCUT2D eigenvalue weighted by Crippen LogP contribution is 2.45. The lowest BCUT2D eigenvalue weighted by molar-refractivity contribution is -0.268. The zero-order chi connectivity index (χ0) is 23.8. The molecule has 1 saturated heterocycles. The molecule has 12 nitrogen and oxygen atoms in total. The first-order valence-electron chi connectivity index (χ1n) is 9.79. The van der Waals surface area contributed by atoms with Gasteiger partial charge in [0.15, 0.2) is 22.7 Å². The van der Waals surface area contributed by atoms with Gasteiger partial charge in [0.25, 0.3) is 0 Å². The van der Waals surface area contributed by atoms with Crippen LogP contribution in [0.15, 0.2) is 30.6 Å². The van der Waals surface area contributed by atoms with Gasteiger partial charge in [-0.1, -0.05) is 0 Å². The summed E-state index contributed by atoms with van der Waals surface area (Å²) in [4.78, 5) is 25.4. The fourth-order valence-electron chi connectivity index (χ4n) is 4.08. The maximum Gasteiger partial charge on any atom is 0.344 e. The number of rotatable bonds is 3. The van der Waals surface area contributed by atoms with Crippen LogP contribution in [0.1, 0.15) is 6.92 Å². The van der Waals surface area contributed by atoms with Crippen molar-refractivity contribution in [2.75, 3.05) is 7.11 Å². The minimum Gasteiger partial charge on any atom is -0.504 e. The van der Waals surface area contributed by atoms with Gasteiger partial charge in [-0.25, -0.2) is 9.59 Å². The van der Waals surface area contributed by atoms with Crippen LogP contribution in [0.25, 0.3) is 32.7 Å². The van der Waals surface area contributed by atoms with E-state index in [-0.39, 0.29) is 38.6 Å². The van der Waals surface area contributed by atoms with E-state index in [1.165, 1.54) is 20.1 Å². The van der Waals surface area contributed by atoms with Crippen LogP contribution >= 0.6 is 0 Å². The summed E-state index contributed by atoms with van der Waals surface area (Å²) in [5.41, 5.74) is -2.50. The first kappa shape index (κ1) is 21.3. The average molecular weight is 462 g/mol. The Morgan fingerprint density at radius 3 is 2.15 bits per heavy atom. The van der Waals surface area contributed by atoms with Crippen LogP contribution in [0.2, 0.25) is 0 Å². The molecule has 0 bridgehead atoms. The molecule has 0 aliphatic carbocycles. The predicted octanol–water partition coefficient (Wildman–Crippen LogP) is 0.116. The molecule has 5 rings (SSSR count). The lowest BCUT2D eigenvalue weighted by Gasteiger charge is -2.39. The first-order valence-corrected chi connectivity index (χ1v) is 9.79. The molecule has 0 radical (unpaired) electrons. The Balaban J connectivity index is 1.79. The van der Waals surface area contributed by atoms with E-state index in [9.17, 15) is 35.1 Å². The molecule has 3 heterocycles. The Morgan fingerprint density at radius 1 is 0.879 bits per heavy atom. The number of aromatic hydroxyl groups is 2. The Labute approximate surface area is 182 Å². The molecule has 0 amide bonds. The number of hydrogen-bond donors (Lipinski definition) is 5. The van der Waals surface area contributed by atoms with E-state index in [1.54, 1.807) is 0 Å². The van der Waals surface area contributed by atoms with Crippen molar-refractivity contribution in [2.45, 2.75) is 37.6 Å². The van der Waals surface area contributed by atoms with Crippen molar-refractivity contribution in [1.29, 1.82) is 0 Å². The molecule has 0 spiro atoms. The molecule has 2 aromatic carbocycles. The minimum atomic E-state index is -1.66. The largest absolute Gasteiger partial charge is 0.504 e. The van der Waals surface area contributed by atoms with Crippen LogP contribution in [-0.2, 0) is 4.74 Å². The van der Waals surface area contributed by atoms with E-state index in [0.29, 0.717) is 0 Å². The zero-order valence-electron chi connectivity index (χ0n) is 17.1. The lowest BCUT2D eigenvalue weighted by Crippen LogP contribution is -2.58. The van der Waals surface area contributed by atoms with Gasteiger partial charge in [-0.15, -0.1) is 0 Å². The highest BCUT2D eigenvalue weighted by molar-refractivity contribution is 6.22. The highest BCUT2D eigenvalue weighted by atomic mass is 16.7. The smallest absolute Gasteiger partial charge is 0.344 e. The van der Waals surface area contributed by atoms with Gasteiger partial charge in [-0.2, -0.15) is 0 Å². The Hall–Kier alpha value is -3.58. The van der Waals surface area contributed by atoms with E-state index in [0.717, 1.165) is 6.07 Å². The maximum atomic E-state index is 12.7. The molecule has 2 aromatic heterocycles. The molecular formula is C21H18O12. The zero-order valence-corrected chi connectivity index (χ0v) is 17.1. The monoisotopic (exact) mass is 462 g/mol. The number of methoxy groups -OCH3 is 1. The average Bonchev–Trinajstić information content (AvgIpc) is 2.78. The van der Waals surface area contributed by atoms with Crippen LogP contribution in [0.3, 0.4) is 0 Å². The van der Waals surface area contributed by atoms with Crippen LogP contribution in [0, 0.1) is 0 Å². The number of phenols is 2. The van der Waals surface area contributed by atoms with E-state index in [4.69, 9.17) is 23.0 Å². The van der Waals surface area contributed by atoms with Gasteiger partial charge >= 0.3 is 11.3 Å². The van der Waals surface area contributed by atoms with Crippen molar-refractivity contribution in [3.05, 3.63) is 33.0 Å². The minimum absolute atomic E-state index is 0.0251. The van der Waals surface area contributed by atoms with Crippen molar-refractivity contribution < 1.29 is 48.6 Å². The molecule has 5 atom stereocenters. The summed E-state index contributed by atoms with van der Waals surface area (Å²) in [7, 11) is 1.24. The summed E-state index contributed by atoms with van der Waals surface area (Å²) in [5.74, 6) is -1.74. The van der Waals surface area contributed by atoms with Gasteiger partial charge in [-0.05, 0) is 19.1 Å². The molecule has 0 saturated carbocycles. The number of ether oxygens (including phenoxy) is 3. The third kappa shape index (κ3) is 2.92. The third-order valence-electron chi connectivity index (χ3n) is 5.77.